The van der Waals surface area contributed by atoms with Crippen LogP contribution in [0.5, 0.6) is 0 Å². The summed E-state index contributed by atoms with van der Waals surface area (Å²) in [6.07, 6.45) is 6.17. The lowest BCUT2D eigenvalue weighted by Gasteiger charge is -2.38. The predicted octanol–water partition coefficient (Wildman–Crippen LogP) is 2.48. The van der Waals surface area contributed by atoms with Gasteiger partial charge in [0, 0.05) is 39.8 Å². The zero-order chi connectivity index (χ0) is 18.4. The van der Waals surface area contributed by atoms with Crippen LogP contribution < -0.4 is 5.32 Å². The van der Waals surface area contributed by atoms with Crippen LogP contribution in [-0.2, 0) is 9.53 Å². The zero-order valence-electron chi connectivity index (χ0n) is 16.3. The lowest BCUT2D eigenvalue weighted by Crippen LogP contribution is -2.51. The number of carbonyl (C=O) groups excluding carboxylic acids is 2. The SMILES string of the molecule is COC1CCC(N(C)C(=O)C2CCCN(C(=O)NCC(C)C)C2)CC1. The molecule has 2 rings (SSSR count). The van der Waals surface area contributed by atoms with Crippen molar-refractivity contribution in [2.45, 2.75) is 64.5 Å². The minimum atomic E-state index is -0.0660. The lowest BCUT2D eigenvalue weighted by atomic mass is 9.90. The fraction of sp³-hybridized carbons (Fsp3) is 0.895. The number of nitrogens with zero attached hydrogens (tertiary/aromatic N) is 2. The van der Waals surface area contributed by atoms with Gasteiger partial charge in [-0.2, -0.15) is 0 Å². The summed E-state index contributed by atoms with van der Waals surface area (Å²) >= 11 is 0. The van der Waals surface area contributed by atoms with Gasteiger partial charge in [0.2, 0.25) is 5.91 Å². The van der Waals surface area contributed by atoms with E-state index in [1.807, 2.05) is 16.8 Å². The number of amides is 3. The highest BCUT2D eigenvalue weighted by Gasteiger charge is 2.33. The maximum atomic E-state index is 12.9. The molecule has 0 aromatic rings. The van der Waals surface area contributed by atoms with Crippen LogP contribution in [0.1, 0.15) is 52.4 Å². The molecule has 1 atom stereocenters. The number of likely N-dealkylation sites (tertiary alicyclic amines) is 1. The molecule has 3 amide bonds. The van der Waals surface area contributed by atoms with Gasteiger partial charge in [0.05, 0.1) is 12.0 Å². The van der Waals surface area contributed by atoms with Gasteiger partial charge in [0.1, 0.15) is 0 Å². The van der Waals surface area contributed by atoms with Gasteiger partial charge in [-0.05, 0) is 44.4 Å². The minimum absolute atomic E-state index is 0.0329. The average molecular weight is 354 g/mol. The molecule has 2 fully saturated rings. The third kappa shape index (κ3) is 5.59. The van der Waals surface area contributed by atoms with Crippen molar-refractivity contribution in [2.24, 2.45) is 11.8 Å². The maximum absolute atomic E-state index is 12.9. The molecule has 0 radical (unpaired) electrons. The number of urea groups is 1. The molecule has 1 aliphatic heterocycles. The summed E-state index contributed by atoms with van der Waals surface area (Å²) in [5.41, 5.74) is 0. The van der Waals surface area contributed by atoms with E-state index in [0.29, 0.717) is 31.2 Å². The molecule has 1 unspecified atom stereocenters. The lowest BCUT2D eigenvalue weighted by molar-refractivity contribution is -0.138. The van der Waals surface area contributed by atoms with Crippen molar-refractivity contribution in [2.75, 3.05) is 33.8 Å². The Labute approximate surface area is 152 Å². The summed E-state index contributed by atoms with van der Waals surface area (Å²) in [5.74, 6) is 0.561. The number of methoxy groups -OCH3 is 1. The van der Waals surface area contributed by atoms with E-state index in [2.05, 4.69) is 19.2 Å². The standard InChI is InChI=1S/C19H35N3O3/c1-14(2)12-20-19(24)22-11-5-6-15(13-22)18(23)21(3)16-7-9-17(25-4)10-8-16/h14-17H,5-13H2,1-4H3,(H,20,24). The molecule has 1 saturated carbocycles. The molecule has 0 bridgehead atoms. The Morgan fingerprint density at radius 2 is 1.88 bits per heavy atom. The predicted molar refractivity (Wildman–Crippen MR) is 98.4 cm³/mol. The molecule has 6 nitrogen and oxygen atoms in total. The van der Waals surface area contributed by atoms with E-state index in [4.69, 9.17) is 4.74 Å². The maximum Gasteiger partial charge on any atom is 0.317 e. The van der Waals surface area contributed by atoms with E-state index >= 15 is 0 Å². The second kappa shape index (κ2) is 9.41. The van der Waals surface area contributed by atoms with E-state index in [9.17, 15) is 9.59 Å². The molecular formula is C19H35N3O3. The van der Waals surface area contributed by atoms with E-state index in [-0.39, 0.29) is 17.9 Å². The number of carbonyl (C=O) groups is 2. The molecular weight excluding hydrogens is 318 g/mol. The van der Waals surface area contributed by atoms with Gasteiger partial charge >= 0.3 is 6.03 Å². The fourth-order valence-electron chi connectivity index (χ4n) is 3.90. The largest absolute Gasteiger partial charge is 0.381 e. The molecule has 2 aliphatic rings. The number of hydrogen-bond acceptors (Lipinski definition) is 3. The highest BCUT2D eigenvalue weighted by atomic mass is 16.5. The third-order valence-corrected chi connectivity index (χ3v) is 5.59. The van der Waals surface area contributed by atoms with Crippen LogP contribution in [0.3, 0.4) is 0 Å². The number of rotatable bonds is 5. The summed E-state index contributed by atoms with van der Waals surface area (Å²) in [7, 11) is 3.69. The van der Waals surface area contributed by atoms with Crippen LogP contribution >= 0.6 is 0 Å². The van der Waals surface area contributed by atoms with Crippen LogP contribution in [0, 0.1) is 11.8 Å². The van der Waals surface area contributed by atoms with Crippen molar-refractivity contribution < 1.29 is 14.3 Å². The first-order valence-electron chi connectivity index (χ1n) is 9.74. The first kappa shape index (κ1) is 20.0. The highest BCUT2D eigenvalue weighted by Crippen LogP contribution is 2.26. The second-order valence-electron chi connectivity index (χ2n) is 7.98. The van der Waals surface area contributed by atoms with Crippen molar-refractivity contribution in [1.29, 1.82) is 0 Å². The second-order valence-corrected chi connectivity index (χ2v) is 7.98. The molecule has 1 aliphatic carbocycles. The zero-order valence-corrected chi connectivity index (χ0v) is 16.3. The minimum Gasteiger partial charge on any atom is -0.381 e. The van der Waals surface area contributed by atoms with Gasteiger partial charge in [0.25, 0.3) is 0 Å². The van der Waals surface area contributed by atoms with Crippen LogP contribution in [0.2, 0.25) is 0 Å². The van der Waals surface area contributed by atoms with E-state index in [1.165, 1.54) is 0 Å². The van der Waals surface area contributed by atoms with Crippen molar-refractivity contribution in [3.05, 3.63) is 0 Å². The quantitative estimate of drug-likeness (QED) is 0.826. The first-order chi connectivity index (χ1) is 11.9. The Hall–Kier alpha value is -1.30. The van der Waals surface area contributed by atoms with E-state index in [0.717, 1.165) is 45.1 Å². The Kier molecular flexibility index (Phi) is 7.54. The van der Waals surface area contributed by atoms with Crippen LogP contribution in [0.15, 0.2) is 0 Å². The molecule has 144 valence electrons. The van der Waals surface area contributed by atoms with Gasteiger partial charge in [-0.15, -0.1) is 0 Å². The van der Waals surface area contributed by atoms with Gasteiger partial charge in [-0.3, -0.25) is 4.79 Å². The van der Waals surface area contributed by atoms with Crippen molar-refractivity contribution in [3.8, 4) is 0 Å². The van der Waals surface area contributed by atoms with Crippen molar-refractivity contribution in [1.82, 2.24) is 15.1 Å². The van der Waals surface area contributed by atoms with Crippen molar-refractivity contribution >= 4 is 11.9 Å². The van der Waals surface area contributed by atoms with Crippen LogP contribution in [-0.4, -0.2) is 67.7 Å². The topological polar surface area (TPSA) is 61.9 Å². The molecule has 1 N–H and O–H groups in total. The Morgan fingerprint density at radius 1 is 1.20 bits per heavy atom. The summed E-state index contributed by atoms with van der Waals surface area (Å²) in [6, 6.07) is 0.276. The number of ether oxygens (including phenoxy) is 1. The van der Waals surface area contributed by atoms with Crippen molar-refractivity contribution in [3.63, 3.8) is 0 Å². The summed E-state index contributed by atoms with van der Waals surface area (Å²) in [4.78, 5) is 29.0. The van der Waals surface area contributed by atoms with E-state index in [1.54, 1.807) is 7.11 Å². The average Bonchev–Trinajstić information content (AvgIpc) is 2.65. The molecule has 25 heavy (non-hydrogen) atoms. The van der Waals surface area contributed by atoms with Gasteiger partial charge < -0.3 is 19.9 Å². The molecule has 0 aromatic carbocycles. The smallest absolute Gasteiger partial charge is 0.317 e. The number of piperidine rings is 1. The Morgan fingerprint density at radius 3 is 2.48 bits per heavy atom. The molecule has 0 aromatic heterocycles. The van der Waals surface area contributed by atoms with Crippen LogP contribution in [0.4, 0.5) is 4.79 Å². The van der Waals surface area contributed by atoms with Gasteiger partial charge in [-0.25, -0.2) is 4.79 Å². The van der Waals surface area contributed by atoms with Gasteiger partial charge in [0.15, 0.2) is 0 Å². The van der Waals surface area contributed by atoms with Gasteiger partial charge in [-0.1, -0.05) is 13.8 Å². The monoisotopic (exact) mass is 353 g/mol. The Balaban J connectivity index is 1.85. The highest BCUT2D eigenvalue weighted by molar-refractivity contribution is 5.81. The van der Waals surface area contributed by atoms with E-state index < -0.39 is 0 Å². The number of hydrogen-bond donors (Lipinski definition) is 1. The Bertz CT molecular complexity index is 447. The molecule has 1 saturated heterocycles. The summed E-state index contributed by atoms with van der Waals surface area (Å²) < 4.78 is 5.42. The fourth-order valence-corrected chi connectivity index (χ4v) is 3.90. The molecule has 0 spiro atoms. The number of nitrogens with one attached hydrogen (secondary N) is 1. The molecule has 6 heteroatoms. The first-order valence-corrected chi connectivity index (χ1v) is 9.74. The normalized spacial score (nSPS) is 27.2. The summed E-state index contributed by atoms with van der Waals surface area (Å²) in [5, 5.41) is 2.96. The van der Waals surface area contributed by atoms with Crippen LogP contribution in [0.25, 0.3) is 0 Å². The third-order valence-electron chi connectivity index (χ3n) is 5.59. The summed E-state index contributed by atoms with van der Waals surface area (Å²) in [6.45, 7) is 6.12. The molecule has 1 heterocycles.